The number of aromatic nitrogens is 2. The molecule has 2 aromatic carbocycles. The second-order valence-electron chi connectivity index (χ2n) is 9.20. The van der Waals surface area contributed by atoms with Gasteiger partial charge in [0, 0.05) is 26.2 Å². The van der Waals surface area contributed by atoms with E-state index in [1.807, 2.05) is 24.1 Å². The number of rotatable bonds is 6. The molecular weight excluding hydrogens is 424 g/mol. The van der Waals surface area contributed by atoms with Gasteiger partial charge in [-0.2, -0.15) is 5.26 Å². The summed E-state index contributed by atoms with van der Waals surface area (Å²) in [6.07, 6.45) is 7.28. The summed E-state index contributed by atoms with van der Waals surface area (Å²) in [5, 5.41) is 9.69. The van der Waals surface area contributed by atoms with Crippen LogP contribution in [0.4, 0.5) is 0 Å². The van der Waals surface area contributed by atoms with Crippen molar-refractivity contribution in [1.29, 1.82) is 5.26 Å². The number of hydrogen-bond acceptors (Lipinski definition) is 4. The predicted octanol–water partition coefficient (Wildman–Crippen LogP) is 4.40. The highest BCUT2D eigenvalue weighted by molar-refractivity contribution is 6.08. The van der Waals surface area contributed by atoms with E-state index in [-0.39, 0.29) is 11.7 Å². The minimum atomic E-state index is -0.517. The fraction of sp³-hybridized carbons (Fsp3) is 0.357. The van der Waals surface area contributed by atoms with Crippen LogP contribution in [0.1, 0.15) is 70.9 Å². The van der Waals surface area contributed by atoms with Crippen LogP contribution in [0.25, 0.3) is 0 Å². The Morgan fingerprint density at radius 3 is 2.71 bits per heavy atom. The van der Waals surface area contributed by atoms with Gasteiger partial charge in [0.15, 0.2) is 0 Å². The first kappa shape index (κ1) is 23.4. The largest absolute Gasteiger partial charge is 0.345 e. The zero-order chi connectivity index (χ0) is 24.3. The quantitative estimate of drug-likeness (QED) is 0.517. The zero-order valence-electron chi connectivity index (χ0n) is 20.0. The molecule has 0 aliphatic carbocycles. The molecule has 0 bridgehead atoms. The lowest BCUT2D eigenvalue weighted by atomic mass is 9.73. The number of carbonyl (C=O) groups excluding carboxylic acids is 2. The highest BCUT2D eigenvalue weighted by Crippen LogP contribution is 2.38. The summed E-state index contributed by atoms with van der Waals surface area (Å²) in [6.45, 7) is 2.88. The van der Waals surface area contributed by atoms with Crippen LogP contribution in [0.2, 0.25) is 0 Å². The SMILES string of the molecule is CCC1(c2cccc(Cc3cc(C(=O)c4cncn4C)ccc3C#N)c2)CCCCN(C)C1=O. The van der Waals surface area contributed by atoms with E-state index in [9.17, 15) is 14.9 Å². The number of likely N-dealkylation sites (N-methyl/N-ethyl adjacent to an activating group) is 1. The second kappa shape index (κ2) is 9.64. The van der Waals surface area contributed by atoms with Crippen LogP contribution in [0.5, 0.6) is 0 Å². The molecule has 6 heteroatoms. The Bertz CT molecular complexity index is 1270. The Morgan fingerprint density at radius 1 is 1.18 bits per heavy atom. The number of likely N-dealkylation sites (tertiary alicyclic amines) is 1. The van der Waals surface area contributed by atoms with E-state index in [1.165, 1.54) is 0 Å². The van der Waals surface area contributed by atoms with Crippen molar-refractivity contribution in [3.8, 4) is 6.07 Å². The Balaban J connectivity index is 1.69. The third-order valence-corrected chi connectivity index (χ3v) is 7.12. The summed E-state index contributed by atoms with van der Waals surface area (Å²) in [7, 11) is 3.68. The fourth-order valence-electron chi connectivity index (χ4n) is 5.06. The number of ketones is 1. The molecule has 4 rings (SSSR count). The van der Waals surface area contributed by atoms with Crippen molar-refractivity contribution >= 4 is 11.7 Å². The van der Waals surface area contributed by atoms with Gasteiger partial charge in [-0.3, -0.25) is 9.59 Å². The average Bonchev–Trinajstić information content (AvgIpc) is 3.22. The highest BCUT2D eigenvalue weighted by Gasteiger charge is 2.41. The van der Waals surface area contributed by atoms with Crippen LogP contribution in [0.3, 0.4) is 0 Å². The first-order chi connectivity index (χ1) is 16.4. The highest BCUT2D eigenvalue weighted by atomic mass is 16.2. The molecule has 1 saturated heterocycles. The third-order valence-electron chi connectivity index (χ3n) is 7.12. The van der Waals surface area contributed by atoms with E-state index >= 15 is 0 Å². The van der Waals surface area contributed by atoms with Crippen molar-refractivity contribution in [3.05, 3.63) is 88.5 Å². The van der Waals surface area contributed by atoms with Gasteiger partial charge in [0.2, 0.25) is 11.7 Å². The van der Waals surface area contributed by atoms with Crippen molar-refractivity contribution in [3.63, 3.8) is 0 Å². The van der Waals surface area contributed by atoms with Gasteiger partial charge in [-0.1, -0.05) is 37.6 Å². The monoisotopic (exact) mass is 454 g/mol. The summed E-state index contributed by atoms with van der Waals surface area (Å²) in [4.78, 5) is 32.3. The van der Waals surface area contributed by atoms with Gasteiger partial charge < -0.3 is 9.47 Å². The van der Waals surface area contributed by atoms with Crippen LogP contribution in [-0.4, -0.2) is 39.7 Å². The van der Waals surface area contributed by atoms with Gasteiger partial charge in [0.1, 0.15) is 5.69 Å². The molecule has 1 aromatic heterocycles. The van der Waals surface area contributed by atoms with E-state index in [1.54, 1.807) is 42.3 Å². The second-order valence-corrected chi connectivity index (χ2v) is 9.20. The van der Waals surface area contributed by atoms with Gasteiger partial charge in [0.05, 0.1) is 29.6 Å². The number of aryl methyl sites for hydroxylation is 1. The molecular formula is C28H30N4O2. The maximum absolute atomic E-state index is 13.4. The summed E-state index contributed by atoms with van der Waals surface area (Å²) in [6, 6.07) is 15.6. The molecule has 2 heterocycles. The third kappa shape index (κ3) is 4.26. The van der Waals surface area contributed by atoms with E-state index in [0.717, 1.165) is 48.9 Å². The van der Waals surface area contributed by atoms with E-state index < -0.39 is 5.41 Å². The number of carbonyl (C=O) groups is 2. The van der Waals surface area contributed by atoms with Crippen molar-refractivity contribution < 1.29 is 9.59 Å². The molecule has 0 N–H and O–H groups in total. The molecule has 1 aliphatic rings. The van der Waals surface area contributed by atoms with Crippen LogP contribution in [0.15, 0.2) is 55.0 Å². The van der Waals surface area contributed by atoms with Crippen LogP contribution in [-0.2, 0) is 23.7 Å². The number of hydrogen-bond donors (Lipinski definition) is 0. The molecule has 0 saturated carbocycles. The number of nitrogens with zero attached hydrogens (tertiary/aromatic N) is 4. The summed E-state index contributed by atoms with van der Waals surface area (Å²) in [5.41, 5.74) is 3.90. The minimum Gasteiger partial charge on any atom is -0.345 e. The summed E-state index contributed by atoms with van der Waals surface area (Å²) < 4.78 is 1.69. The lowest BCUT2D eigenvalue weighted by molar-refractivity contribution is -0.135. The lowest BCUT2D eigenvalue weighted by Gasteiger charge is -2.33. The maximum Gasteiger partial charge on any atom is 0.232 e. The fourth-order valence-corrected chi connectivity index (χ4v) is 5.06. The molecule has 0 spiro atoms. The molecule has 174 valence electrons. The first-order valence-electron chi connectivity index (χ1n) is 11.8. The van der Waals surface area contributed by atoms with Crippen LogP contribution in [0, 0.1) is 11.3 Å². The maximum atomic E-state index is 13.4. The smallest absolute Gasteiger partial charge is 0.232 e. The average molecular weight is 455 g/mol. The van der Waals surface area contributed by atoms with Crippen LogP contribution >= 0.6 is 0 Å². The number of nitriles is 1. The summed E-state index contributed by atoms with van der Waals surface area (Å²) in [5.74, 6) is 0.0580. The summed E-state index contributed by atoms with van der Waals surface area (Å²) >= 11 is 0. The molecule has 1 amide bonds. The van der Waals surface area contributed by atoms with Gasteiger partial charge >= 0.3 is 0 Å². The van der Waals surface area contributed by atoms with Crippen molar-refractivity contribution in [1.82, 2.24) is 14.5 Å². The van der Waals surface area contributed by atoms with Crippen molar-refractivity contribution in [2.45, 2.75) is 44.4 Å². The zero-order valence-corrected chi connectivity index (χ0v) is 20.0. The van der Waals surface area contributed by atoms with Crippen molar-refractivity contribution in [2.75, 3.05) is 13.6 Å². The molecule has 0 radical (unpaired) electrons. The molecule has 1 unspecified atom stereocenters. The lowest BCUT2D eigenvalue weighted by Crippen LogP contribution is -2.43. The van der Waals surface area contributed by atoms with Gasteiger partial charge in [-0.25, -0.2) is 4.98 Å². The molecule has 1 atom stereocenters. The molecule has 34 heavy (non-hydrogen) atoms. The van der Waals surface area contributed by atoms with E-state index in [0.29, 0.717) is 23.2 Å². The Labute approximate surface area is 200 Å². The van der Waals surface area contributed by atoms with Crippen molar-refractivity contribution in [2.24, 2.45) is 7.05 Å². The standard InChI is InChI=1S/C28H30N4O2/c1-4-28(12-5-6-13-31(2)27(28)34)24-9-7-8-20(15-24)14-23-16-21(10-11-22(23)17-29)26(33)25-18-30-19-32(25)3/h7-11,15-16,18-19H,4-6,12-14H2,1-3H3. The minimum absolute atomic E-state index is 0.128. The van der Waals surface area contributed by atoms with Gasteiger partial charge in [0.25, 0.3) is 0 Å². The number of amides is 1. The Hall–Kier alpha value is -3.72. The predicted molar refractivity (Wildman–Crippen MR) is 131 cm³/mol. The first-order valence-corrected chi connectivity index (χ1v) is 11.8. The number of benzene rings is 2. The topological polar surface area (TPSA) is 79.0 Å². The molecule has 1 aliphatic heterocycles. The van der Waals surface area contributed by atoms with E-state index in [2.05, 4.69) is 30.1 Å². The Kier molecular flexibility index (Phi) is 6.65. The van der Waals surface area contributed by atoms with E-state index in [4.69, 9.17) is 0 Å². The normalized spacial score (nSPS) is 18.4. The Morgan fingerprint density at radius 2 is 2.00 bits per heavy atom. The van der Waals surface area contributed by atoms with Gasteiger partial charge in [-0.05, 0) is 60.6 Å². The van der Waals surface area contributed by atoms with Crippen LogP contribution < -0.4 is 0 Å². The molecule has 3 aromatic rings. The molecule has 6 nitrogen and oxygen atoms in total. The van der Waals surface area contributed by atoms with Gasteiger partial charge in [-0.15, -0.1) is 0 Å². The number of imidazole rings is 1. The molecule has 1 fully saturated rings.